The Bertz CT molecular complexity index is 469. The topological polar surface area (TPSA) is 20.2 Å². The van der Waals surface area contributed by atoms with E-state index < -0.39 is 5.60 Å². The van der Waals surface area contributed by atoms with Crippen LogP contribution in [0.1, 0.15) is 71.4 Å². The van der Waals surface area contributed by atoms with Crippen molar-refractivity contribution < 1.29 is 5.11 Å². The molecule has 2 rings (SSSR count). The van der Waals surface area contributed by atoms with Crippen LogP contribution in [-0.2, 0) is 12.0 Å². The summed E-state index contributed by atoms with van der Waals surface area (Å²) in [6.45, 7) is 11.3. The smallest absolute Gasteiger partial charge is 0.0929 e. The number of benzene rings is 1. The summed E-state index contributed by atoms with van der Waals surface area (Å²) in [5.74, 6) is 0.993. The first kappa shape index (κ1) is 16.5. The minimum absolute atomic E-state index is 0.142. The van der Waals surface area contributed by atoms with Gasteiger partial charge in [-0.2, -0.15) is 0 Å². The van der Waals surface area contributed by atoms with Crippen LogP contribution < -0.4 is 0 Å². The molecule has 0 saturated heterocycles. The molecule has 0 radical (unpaired) electrons. The van der Waals surface area contributed by atoms with Crippen LogP contribution in [0.15, 0.2) is 24.3 Å². The number of hydrogen-bond acceptors (Lipinski definition) is 1. The molecule has 2 atom stereocenters. The summed E-state index contributed by atoms with van der Waals surface area (Å²) in [5.41, 5.74) is 1.99. The second-order valence-electron chi connectivity index (χ2n) is 8.39. The average molecular weight is 288 g/mol. The highest BCUT2D eigenvalue weighted by atomic mass is 16.3. The van der Waals surface area contributed by atoms with E-state index >= 15 is 0 Å². The Hall–Kier alpha value is -0.820. The van der Waals surface area contributed by atoms with E-state index in [1.807, 2.05) is 0 Å². The van der Waals surface area contributed by atoms with Crippen molar-refractivity contribution in [1.82, 2.24) is 0 Å². The van der Waals surface area contributed by atoms with Gasteiger partial charge in [-0.1, -0.05) is 71.7 Å². The van der Waals surface area contributed by atoms with Crippen molar-refractivity contribution in [3.8, 4) is 0 Å². The predicted octanol–water partition coefficient (Wildman–Crippen LogP) is 5.31. The van der Waals surface area contributed by atoms with Gasteiger partial charge in [0, 0.05) is 0 Å². The molecule has 0 amide bonds. The summed E-state index contributed by atoms with van der Waals surface area (Å²) in [6, 6.07) is 8.71. The molecule has 0 aromatic heterocycles. The minimum atomic E-state index is -0.649. The third kappa shape index (κ3) is 3.69. The first-order valence-electron chi connectivity index (χ1n) is 8.55. The third-order valence-electron chi connectivity index (χ3n) is 4.99. The van der Waals surface area contributed by atoms with Gasteiger partial charge in [-0.15, -0.1) is 0 Å². The van der Waals surface area contributed by atoms with E-state index in [-0.39, 0.29) is 5.41 Å². The van der Waals surface area contributed by atoms with Crippen LogP contribution in [0.3, 0.4) is 0 Å². The summed E-state index contributed by atoms with van der Waals surface area (Å²) >= 11 is 0. The molecule has 0 heterocycles. The van der Waals surface area contributed by atoms with Gasteiger partial charge in [-0.05, 0) is 47.6 Å². The van der Waals surface area contributed by atoms with E-state index in [2.05, 4.69) is 58.9 Å². The molecule has 1 fully saturated rings. The molecule has 1 aromatic carbocycles. The van der Waals surface area contributed by atoms with E-state index in [4.69, 9.17) is 0 Å². The van der Waals surface area contributed by atoms with Crippen molar-refractivity contribution in [2.45, 2.75) is 72.3 Å². The van der Waals surface area contributed by atoms with Gasteiger partial charge >= 0.3 is 0 Å². The molecule has 1 saturated carbocycles. The van der Waals surface area contributed by atoms with Crippen molar-refractivity contribution in [1.29, 1.82) is 0 Å². The van der Waals surface area contributed by atoms with Crippen molar-refractivity contribution in [2.75, 3.05) is 0 Å². The second-order valence-corrected chi connectivity index (χ2v) is 8.39. The Morgan fingerprint density at radius 1 is 1.24 bits per heavy atom. The van der Waals surface area contributed by atoms with Crippen LogP contribution >= 0.6 is 0 Å². The predicted molar refractivity (Wildman–Crippen MR) is 90.3 cm³/mol. The zero-order valence-corrected chi connectivity index (χ0v) is 14.4. The monoisotopic (exact) mass is 288 g/mol. The standard InChI is InChI=1S/C20H32O/c1-15(2)13-16-9-8-10-17(14-16)20(21)12-7-6-11-18(20)19(3,4)5/h8-10,14-15,18,21H,6-7,11-13H2,1-5H3. The molecule has 1 heteroatoms. The van der Waals surface area contributed by atoms with Gasteiger partial charge in [0.05, 0.1) is 5.60 Å². The van der Waals surface area contributed by atoms with E-state index in [0.717, 1.165) is 31.2 Å². The number of rotatable bonds is 3. The number of aliphatic hydroxyl groups is 1. The Labute approximate surface area is 130 Å². The van der Waals surface area contributed by atoms with Crippen LogP contribution in [0.5, 0.6) is 0 Å². The third-order valence-corrected chi connectivity index (χ3v) is 4.99. The highest BCUT2D eigenvalue weighted by molar-refractivity contribution is 5.30. The number of hydrogen-bond donors (Lipinski definition) is 1. The molecule has 1 aromatic rings. The van der Waals surface area contributed by atoms with Gasteiger partial charge in [-0.25, -0.2) is 0 Å². The lowest BCUT2D eigenvalue weighted by atomic mass is 9.61. The first-order chi connectivity index (χ1) is 9.73. The highest BCUT2D eigenvalue weighted by Crippen LogP contribution is 2.49. The van der Waals surface area contributed by atoms with Crippen LogP contribution in [0, 0.1) is 17.3 Å². The fraction of sp³-hybridized carbons (Fsp3) is 0.700. The van der Waals surface area contributed by atoms with Crippen molar-refractivity contribution >= 4 is 0 Å². The molecule has 0 spiro atoms. The molecule has 1 nitrogen and oxygen atoms in total. The zero-order valence-electron chi connectivity index (χ0n) is 14.4. The van der Waals surface area contributed by atoms with E-state index in [1.54, 1.807) is 0 Å². The maximum Gasteiger partial charge on any atom is 0.0929 e. The van der Waals surface area contributed by atoms with Crippen LogP contribution in [0.4, 0.5) is 0 Å². The molecular formula is C20H32O. The normalized spacial score (nSPS) is 27.1. The molecule has 1 aliphatic rings. The summed E-state index contributed by atoms with van der Waals surface area (Å²) in [4.78, 5) is 0. The lowest BCUT2D eigenvalue weighted by molar-refractivity contribution is -0.0960. The van der Waals surface area contributed by atoms with E-state index in [9.17, 15) is 5.11 Å². The van der Waals surface area contributed by atoms with Gasteiger partial charge < -0.3 is 5.11 Å². The van der Waals surface area contributed by atoms with Gasteiger partial charge in [0.15, 0.2) is 0 Å². The second kappa shape index (κ2) is 6.12. The Morgan fingerprint density at radius 2 is 1.95 bits per heavy atom. The van der Waals surface area contributed by atoms with Crippen molar-refractivity contribution in [2.24, 2.45) is 17.3 Å². The Kier molecular flexibility index (Phi) is 4.82. The van der Waals surface area contributed by atoms with Crippen LogP contribution in [0.25, 0.3) is 0 Å². The van der Waals surface area contributed by atoms with Crippen molar-refractivity contribution in [3.63, 3.8) is 0 Å². The van der Waals surface area contributed by atoms with E-state index in [0.29, 0.717) is 11.8 Å². The molecule has 21 heavy (non-hydrogen) atoms. The maximum absolute atomic E-state index is 11.5. The lowest BCUT2D eigenvalue weighted by Crippen LogP contribution is -2.44. The van der Waals surface area contributed by atoms with E-state index in [1.165, 1.54) is 12.0 Å². The SMILES string of the molecule is CC(C)Cc1cccc(C2(O)CCCCC2C(C)(C)C)c1. The molecule has 2 unspecified atom stereocenters. The quantitative estimate of drug-likeness (QED) is 0.799. The highest BCUT2D eigenvalue weighted by Gasteiger charge is 2.45. The Balaban J connectivity index is 2.36. The zero-order chi connectivity index (χ0) is 15.7. The fourth-order valence-electron chi connectivity index (χ4n) is 4.09. The molecule has 118 valence electrons. The summed E-state index contributed by atoms with van der Waals surface area (Å²) in [7, 11) is 0. The van der Waals surface area contributed by atoms with Gasteiger partial charge in [0.1, 0.15) is 0 Å². The molecule has 1 N–H and O–H groups in total. The molecular weight excluding hydrogens is 256 g/mol. The van der Waals surface area contributed by atoms with Gasteiger partial charge in [0.25, 0.3) is 0 Å². The molecule has 1 aliphatic carbocycles. The van der Waals surface area contributed by atoms with Crippen LogP contribution in [-0.4, -0.2) is 5.11 Å². The largest absolute Gasteiger partial charge is 0.385 e. The summed E-state index contributed by atoms with van der Waals surface area (Å²) in [5, 5.41) is 11.5. The van der Waals surface area contributed by atoms with Gasteiger partial charge in [-0.3, -0.25) is 0 Å². The Morgan fingerprint density at radius 3 is 2.57 bits per heavy atom. The fourth-order valence-corrected chi connectivity index (χ4v) is 4.09. The summed E-state index contributed by atoms with van der Waals surface area (Å²) < 4.78 is 0. The van der Waals surface area contributed by atoms with Gasteiger partial charge in [0.2, 0.25) is 0 Å². The minimum Gasteiger partial charge on any atom is -0.385 e. The molecule has 0 bridgehead atoms. The van der Waals surface area contributed by atoms with Crippen molar-refractivity contribution in [3.05, 3.63) is 35.4 Å². The summed E-state index contributed by atoms with van der Waals surface area (Å²) in [6.07, 6.45) is 5.51. The first-order valence-corrected chi connectivity index (χ1v) is 8.55. The molecule has 0 aliphatic heterocycles. The van der Waals surface area contributed by atoms with Crippen LogP contribution in [0.2, 0.25) is 0 Å². The average Bonchev–Trinajstić information content (AvgIpc) is 2.37. The maximum atomic E-state index is 11.5. The lowest BCUT2D eigenvalue weighted by Gasteiger charge is -2.47.